The summed E-state index contributed by atoms with van der Waals surface area (Å²) in [5.41, 5.74) is -0.166. The Kier molecular flexibility index (Phi) is 6.49. The van der Waals surface area contributed by atoms with Crippen molar-refractivity contribution in [2.75, 3.05) is 12.4 Å². The van der Waals surface area contributed by atoms with E-state index in [1.54, 1.807) is 25.1 Å². The highest BCUT2D eigenvalue weighted by atomic mass is 79.9. The number of carbonyl (C=O) groups excluding carboxylic acids is 2. The Morgan fingerprint density at radius 2 is 1.68 bits per heavy atom. The van der Waals surface area contributed by atoms with Crippen molar-refractivity contribution in [3.63, 3.8) is 0 Å². The van der Waals surface area contributed by atoms with Crippen molar-refractivity contribution in [3.05, 3.63) is 62.5 Å². The normalized spacial score (nSPS) is 13.0. The molecule has 2 aromatic rings. The van der Waals surface area contributed by atoms with Crippen molar-refractivity contribution in [1.82, 2.24) is 0 Å². The lowest BCUT2D eigenvalue weighted by Gasteiger charge is -2.26. The van der Waals surface area contributed by atoms with Crippen LogP contribution in [0.15, 0.2) is 46.9 Å². The van der Waals surface area contributed by atoms with Gasteiger partial charge in [-0.25, -0.2) is 0 Å². The molecule has 0 fully saturated rings. The molecule has 0 aliphatic carbocycles. The molecule has 0 aliphatic rings. The minimum Gasteiger partial charge on any atom is -0.468 e. The van der Waals surface area contributed by atoms with Gasteiger partial charge in [0.25, 0.3) is 0 Å². The van der Waals surface area contributed by atoms with Gasteiger partial charge in [-0.3, -0.25) is 9.59 Å². The predicted octanol–water partition coefficient (Wildman–Crippen LogP) is 5.12. The first-order valence-corrected chi connectivity index (χ1v) is 8.90. The number of amides is 1. The van der Waals surface area contributed by atoms with E-state index in [1.165, 1.54) is 7.11 Å². The molecule has 0 saturated carbocycles. The highest BCUT2D eigenvalue weighted by Gasteiger charge is 2.42. The van der Waals surface area contributed by atoms with Crippen LogP contribution in [0.2, 0.25) is 10.0 Å². The van der Waals surface area contributed by atoms with Crippen molar-refractivity contribution in [3.8, 4) is 0 Å². The van der Waals surface area contributed by atoms with E-state index in [-0.39, 0.29) is 6.42 Å². The first kappa shape index (κ1) is 19.8. The van der Waals surface area contributed by atoms with Crippen LogP contribution < -0.4 is 5.32 Å². The molecule has 1 amide bonds. The monoisotopic (exact) mass is 443 g/mol. The SMILES string of the molecule is COC(=O)[C@](C)(Cc1ccc(Br)cc1)C(=O)Nc1cc(Cl)cc(Cl)c1. The second kappa shape index (κ2) is 8.21. The summed E-state index contributed by atoms with van der Waals surface area (Å²) in [6.07, 6.45) is 0.188. The summed E-state index contributed by atoms with van der Waals surface area (Å²) in [6.45, 7) is 1.54. The van der Waals surface area contributed by atoms with E-state index in [2.05, 4.69) is 21.2 Å². The fraction of sp³-hybridized carbons (Fsp3) is 0.222. The van der Waals surface area contributed by atoms with Crippen molar-refractivity contribution in [2.24, 2.45) is 5.41 Å². The Labute approximate surface area is 164 Å². The maximum atomic E-state index is 12.8. The zero-order valence-corrected chi connectivity index (χ0v) is 16.7. The molecule has 0 aliphatic heterocycles. The number of rotatable bonds is 5. The van der Waals surface area contributed by atoms with Gasteiger partial charge >= 0.3 is 5.97 Å². The summed E-state index contributed by atoms with van der Waals surface area (Å²) in [5.74, 6) is -1.12. The van der Waals surface area contributed by atoms with Gasteiger partial charge in [0.1, 0.15) is 5.41 Å². The van der Waals surface area contributed by atoms with Crippen molar-refractivity contribution in [1.29, 1.82) is 0 Å². The molecule has 1 N–H and O–H groups in total. The summed E-state index contributed by atoms with van der Waals surface area (Å²) in [6, 6.07) is 12.1. The Morgan fingerprint density at radius 1 is 1.12 bits per heavy atom. The van der Waals surface area contributed by atoms with Crippen LogP contribution in [-0.4, -0.2) is 19.0 Å². The number of carbonyl (C=O) groups is 2. The lowest BCUT2D eigenvalue weighted by Crippen LogP contribution is -2.43. The molecule has 4 nitrogen and oxygen atoms in total. The Balaban J connectivity index is 2.30. The number of anilines is 1. The third kappa shape index (κ3) is 4.97. The summed E-state index contributed by atoms with van der Waals surface area (Å²) >= 11 is 15.3. The first-order chi connectivity index (χ1) is 11.7. The number of methoxy groups -OCH3 is 1. The molecule has 25 heavy (non-hydrogen) atoms. The molecule has 132 valence electrons. The largest absolute Gasteiger partial charge is 0.468 e. The zero-order chi connectivity index (χ0) is 18.6. The average molecular weight is 445 g/mol. The minimum absolute atomic E-state index is 0.188. The fourth-order valence-electron chi connectivity index (χ4n) is 2.38. The van der Waals surface area contributed by atoms with E-state index in [9.17, 15) is 9.59 Å². The van der Waals surface area contributed by atoms with Crippen LogP contribution in [0.1, 0.15) is 12.5 Å². The Bertz CT molecular complexity index is 775. The molecular formula is C18H16BrCl2NO3. The summed E-state index contributed by atoms with van der Waals surface area (Å²) < 4.78 is 5.77. The smallest absolute Gasteiger partial charge is 0.321 e. The number of nitrogens with one attached hydrogen (secondary N) is 1. The van der Waals surface area contributed by atoms with Gasteiger partial charge in [-0.1, -0.05) is 51.3 Å². The number of hydrogen-bond acceptors (Lipinski definition) is 3. The van der Waals surface area contributed by atoms with Gasteiger partial charge in [0.15, 0.2) is 0 Å². The third-order valence-corrected chi connectivity index (χ3v) is 4.69. The van der Waals surface area contributed by atoms with Gasteiger partial charge in [-0.05, 0) is 49.2 Å². The van der Waals surface area contributed by atoms with E-state index in [4.69, 9.17) is 27.9 Å². The average Bonchev–Trinajstić information content (AvgIpc) is 2.55. The summed E-state index contributed by atoms with van der Waals surface area (Å²) in [7, 11) is 1.26. The van der Waals surface area contributed by atoms with Gasteiger partial charge in [0, 0.05) is 20.2 Å². The predicted molar refractivity (Wildman–Crippen MR) is 103 cm³/mol. The number of esters is 1. The van der Waals surface area contributed by atoms with Crippen LogP contribution in [0.4, 0.5) is 5.69 Å². The topological polar surface area (TPSA) is 55.4 Å². The number of ether oxygens (including phenoxy) is 1. The van der Waals surface area contributed by atoms with Crippen molar-refractivity contribution < 1.29 is 14.3 Å². The fourth-order valence-corrected chi connectivity index (χ4v) is 3.17. The lowest BCUT2D eigenvalue weighted by atomic mass is 9.82. The van der Waals surface area contributed by atoms with Crippen LogP contribution in [0, 0.1) is 5.41 Å². The van der Waals surface area contributed by atoms with Gasteiger partial charge in [-0.15, -0.1) is 0 Å². The number of hydrogen-bond donors (Lipinski definition) is 1. The molecular weight excluding hydrogens is 429 g/mol. The van der Waals surface area contributed by atoms with Crippen LogP contribution in [0.5, 0.6) is 0 Å². The maximum absolute atomic E-state index is 12.8. The van der Waals surface area contributed by atoms with E-state index in [0.29, 0.717) is 15.7 Å². The van der Waals surface area contributed by atoms with E-state index in [0.717, 1.165) is 10.0 Å². The highest BCUT2D eigenvalue weighted by Crippen LogP contribution is 2.29. The van der Waals surface area contributed by atoms with Gasteiger partial charge < -0.3 is 10.1 Å². The van der Waals surface area contributed by atoms with Gasteiger partial charge in [-0.2, -0.15) is 0 Å². The molecule has 0 radical (unpaired) electrons. The molecule has 2 rings (SSSR count). The molecule has 0 spiro atoms. The quantitative estimate of drug-likeness (QED) is 0.514. The van der Waals surface area contributed by atoms with Crippen LogP contribution >= 0.6 is 39.1 Å². The molecule has 0 bridgehead atoms. The summed E-state index contributed by atoms with van der Waals surface area (Å²) in [4.78, 5) is 25.1. The summed E-state index contributed by atoms with van der Waals surface area (Å²) in [5, 5.41) is 3.46. The van der Waals surface area contributed by atoms with Gasteiger partial charge in [0.2, 0.25) is 5.91 Å². The second-order valence-corrected chi connectivity index (χ2v) is 7.53. The molecule has 0 aromatic heterocycles. The Hall–Kier alpha value is -1.56. The van der Waals surface area contributed by atoms with Crippen LogP contribution in [0.3, 0.4) is 0 Å². The number of halogens is 3. The van der Waals surface area contributed by atoms with E-state index < -0.39 is 17.3 Å². The van der Waals surface area contributed by atoms with Crippen molar-refractivity contribution >= 4 is 56.7 Å². The van der Waals surface area contributed by atoms with E-state index >= 15 is 0 Å². The highest BCUT2D eigenvalue weighted by molar-refractivity contribution is 9.10. The lowest BCUT2D eigenvalue weighted by molar-refractivity contribution is -0.155. The molecule has 7 heteroatoms. The molecule has 2 aromatic carbocycles. The minimum atomic E-state index is -1.41. The van der Waals surface area contributed by atoms with Crippen LogP contribution in [-0.2, 0) is 20.7 Å². The second-order valence-electron chi connectivity index (χ2n) is 5.74. The zero-order valence-electron chi connectivity index (χ0n) is 13.6. The molecule has 1 atom stereocenters. The van der Waals surface area contributed by atoms with Gasteiger partial charge in [0.05, 0.1) is 7.11 Å². The molecule has 0 saturated heterocycles. The standard InChI is InChI=1S/C18H16BrCl2NO3/c1-18(17(24)25-2,10-11-3-5-12(19)6-4-11)16(23)22-15-8-13(20)7-14(21)9-15/h3-9H,10H2,1-2H3,(H,22,23)/t18-/m1/s1. The third-order valence-electron chi connectivity index (χ3n) is 3.73. The van der Waals surface area contributed by atoms with E-state index in [1.807, 2.05) is 24.3 Å². The van der Waals surface area contributed by atoms with Crippen molar-refractivity contribution in [2.45, 2.75) is 13.3 Å². The maximum Gasteiger partial charge on any atom is 0.321 e. The van der Waals surface area contributed by atoms with Crippen LogP contribution in [0.25, 0.3) is 0 Å². The number of benzene rings is 2. The first-order valence-electron chi connectivity index (χ1n) is 7.35. The Morgan fingerprint density at radius 3 is 2.20 bits per heavy atom. The molecule has 0 heterocycles. The molecule has 0 unspecified atom stereocenters.